The number of para-hydroxylation sites is 1. The zero-order valence-corrected chi connectivity index (χ0v) is 11.8. The number of nitrogens with two attached hydrogens (primary N) is 1. The summed E-state index contributed by atoms with van der Waals surface area (Å²) in [5.41, 5.74) is 8.79. The molecule has 1 unspecified atom stereocenters. The third-order valence-electron chi connectivity index (χ3n) is 3.13. The first-order valence-electron chi connectivity index (χ1n) is 6.55. The van der Waals surface area contributed by atoms with Gasteiger partial charge in [0.05, 0.1) is 0 Å². The Morgan fingerprint density at radius 3 is 2.56 bits per heavy atom. The van der Waals surface area contributed by atoms with E-state index in [2.05, 4.69) is 25.2 Å². The number of amides is 1. The fourth-order valence-electron chi connectivity index (χ4n) is 1.93. The van der Waals surface area contributed by atoms with Crippen LogP contribution in [0.1, 0.15) is 44.2 Å². The van der Waals surface area contributed by atoms with Crippen molar-refractivity contribution in [1.82, 2.24) is 0 Å². The molecule has 0 fully saturated rings. The molecule has 0 aliphatic heterocycles. The van der Waals surface area contributed by atoms with Crippen molar-refractivity contribution in [1.29, 1.82) is 0 Å². The van der Waals surface area contributed by atoms with Gasteiger partial charge in [0, 0.05) is 12.1 Å². The van der Waals surface area contributed by atoms with Gasteiger partial charge >= 0.3 is 0 Å². The second-order valence-electron chi connectivity index (χ2n) is 5.29. The first-order valence-corrected chi connectivity index (χ1v) is 6.55. The summed E-state index contributed by atoms with van der Waals surface area (Å²) in [6.07, 6.45) is 0.475. The molecule has 0 spiro atoms. The summed E-state index contributed by atoms with van der Waals surface area (Å²) in [4.78, 5) is 11.9. The Bertz CT molecular complexity index is 413. The second-order valence-corrected chi connectivity index (χ2v) is 5.29. The lowest BCUT2D eigenvalue weighted by molar-refractivity contribution is -0.116. The summed E-state index contributed by atoms with van der Waals surface area (Å²) in [6, 6.07) is 6.12. The number of benzene rings is 1. The molecule has 0 aliphatic rings. The van der Waals surface area contributed by atoms with Gasteiger partial charge in [0.1, 0.15) is 0 Å². The number of carbonyl (C=O) groups is 1. The van der Waals surface area contributed by atoms with Crippen LogP contribution in [0.3, 0.4) is 0 Å². The fraction of sp³-hybridized carbons (Fsp3) is 0.533. The molecule has 0 aromatic heterocycles. The number of rotatable bonds is 5. The third kappa shape index (κ3) is 3.84. The van der Waals surface area contributed by atoms with Crippen LogP contribution in [-0.2, 0) is 4.79 Å². The van der Waals surface area contributed by atoms with E-state index in [-0.39, 0.29) is 11.8 Å². The van der Waals surface area contributed by atoms with Gasteiger partial charge in [-0.1, -0.05) is 39.0 Å². The molecular formula is C15H24N2O. The summed E-state index contributed by atoms with van der Waals surface area (Å²) < 4.78 is 0. The van der Waals surface area contributed by atoms with E-state index in [9.17, 15) is 4.79 Å². The summed E-state index contributed by atoms with van der Waals surface area (Å²) in [5, 5.41) is 3.03. The van der Waals surface area contributed by atoms with Crippen LogP contribution in [0.5, 0.6) is 0 Å². The molecule has 1 rings (SSSR count). The number of hydrogen-bond donors (Lipinski definition) is 2. The minimum atomic E-state index is 0.0455. The minimum absolute atomic E-state index is 0.0455. The van der Waals surface area contributed by atoms with Crippen molar-refractivity contribution in [3.8, 4) is 0 Å². The maximum atomic E-state index is 11.9. The zero-order valence-electron chi connectivity index (χ0n) is 11.8. The van der Waals surface area contributed by atoms with Gasteiger partial charge in [0.25, 0.3) is 0 Å². The van der Waals surface area contributed by atoms with Gasteiger partial charge in [-0.3, -0.25) is 4.79 Å². The molecule has 1 atom stereocenters. The Labute approximate surface area is 110 Å². The molecule has 3 N–H and O–H groups in total. The van der Waals surface area contributed by atoms with E-state index in [1.165, 1.54) is 5.56 Å². The molecule has 0 radical (unpaired) electrons. The van der Waals surface area contributed by atoms with Gasteiger partial charge in [-0.25, -0.2) is 0 Å². The molecule has 0 saturated heterocycles. The predicted molar refractivity (Wildman–Crippen MR) is 76.7 cm³/mol. The van der Waals surface area contributed by atoms with Crippen molar-refractivity contribution in [3.05, 3.63) is 29.3 Å². The van der Waals surface area contributed by atoms with Gasteiger partial charge in [0.2, 0.25) is 5.91 Å². The van der Waals surface area contributed by atoms with Crippen molar-refractivity contribution < 1.29 is 4.79 Å². The Morgan fingerprint density at radius 2 is 2.00 bits per heavy atom. The summed E-state index contributed by atoms with van der Waals surface area (Å²) in [5.74, 6) is 0.660. The molecule has 0 bridgehead atoms. The molecule has 1 aromatic rings. The van der Waals surface area contributed by atoms with Crippen molar-refractivity contribution >= 4 is 11.6 Å². The molecule has 3 heteroatoms. The van der Waals surface area contributed by atoms with Crippen molar-refractivity contribution in [2.75, 3.05) is 11.9 Å². The molecule has 18 heavy (non-hydrogen) atoms. The van der Waals surface area contributed by atoms with Crippen molar-refractivity contribution in [2.24, 2.45) is 11.7 Å². The molecule has 0 heterocycles. The Hall–Kier alpha value is -1.35. The molecule has 1 aromatic carbocycles. The molecule has 100 valence electrons. The lowest BCUT2D eigenvalue weighted by Crippen LogP contribution is -2.21. The van der Waals surface area contributed by atoms with E-state index in [0.29, 0.717) is 18.9 Å². The van der Waals surface area contributed by atoms with Gasteiger partial charge in [-0.15, -0.1) is 0 Å². The number of carbonyl (C=O) groups excluding carboxylic acids is 1. The third-order valence-corrected chi connectivity index (χ3v) is 3.13. The highest BCUT2D eigenvalue weighted by atomic mass is 16.1. The van der Waals surface area contributed by atoms with E-state index >= 15 is 0 Å². The number of nitrogens with one attached hydrogen (secondary N) is 1. The summed E-state index contributed by atoms with van der Waals surface area (Å²) in [6.45, 7) is 8.81. The Balaban J connectivity index is 2.86. The van der Waals surface area contributed by atoms with Gasteiger partial charge in [-0.05, 0) is 36.4 Å². The topological polar surface area (TPSA) is 55.1 Å². The highest BCUT2D eigenvalue weighted by Gasteiger charge is 2.13. The van der Waals surface area contributed by atoms with Gasteiger partial charge in [-0.2, -0.15) is 0 Å². The Morgan fingerprint density at radius 1 is 1.33 bits per heavy atom. The van der Waals surface area contributed by atoms with Crippen LogP contribution in [0.15, 0.2) is 18.2 Å². The zero-order chi connectivity index (χ0) is 13.7. The van der Waals surface area contributed by atoms with Crippen LogP contribution < -0.4 is 11.1 Å². The highest BCUT2D eigenvalue weighted by molar-refractivity contribution is 5.92. The minimum Gasteiger partial charge on any atom is -0.330 e. The largest absolute Gasteiger partial charge is 0.330 e. The average molecular weight is 248 g/mol. The van der Waals surface area contributed by atoms with Crippen LogP contribution in [-0.4, -0.2) is 12.5 Å². The van der Waals surface area contributed by atoms with E-state index < -0.39 is 0 Å². The molecule has 0 aliphatic carbocycles. The monoisotopic (exact) mass is 248 g/mol. The van der Waals surface area contributed by atoms with Crippen LogP contribution in [0, 0.1) is 12.8 Å². The van der Waals surface area contributed by atoms with Crippen molar-refractivity contribution in [3.63, 3.8) is 0 Å². The lowest BCUT2D eigenvalue weighted by Gasteiger charge is -2.17. The van der Waals surface area contributed by atoms with Crippen LogP contribution in [0.25, 0.3) is 0 Å². The van der Waals surface area contributed by atoms with Gasteiger partial charge < -0.3 is 11.1 Å². The van der Waals surface area contributed by atoms with E-state index in [1.54, 1.807) is 0 Å². The first kappa shape index (κ1) is 14.7. The summed E-state index contributed by atoms with van der Waals surface area (Å²) >= 11 is 0. The fourth-order valence-corrected chi connectivity index (χ4v) is 1.93. The molecule has 0 saturated carbocycles. The van der Waals surface area contributed by atoms with Crippen LogP contribution in [0.4, 0.5) is 5.69 Å². The first-order chi connectivity index (χ1) is 8.45. The normalized spacial score (nSPS) is 12.6. The number of anilines is 1. The average Bonchev–Trinajstić information content (AvgIpc) is 2.31. The van der Waals surface area contributed by atoms with E-state index in [4.69, 9.17) is 5.73 Å². The maximum absolute atomic E-state index is 11.9. The lowest BCUT2D eigenvalue weighted by atomic mass is 9.98. The van der Waals surface area contributed by atoms with Crippen LogP contribution in [0.2, 0.25) is 0 Å². The quantitative estimate of drug-likeness (QED) is 0.841. The second kappa shape index (κ2) is 6.55. The summed E-state index contributed by atoms with van der Waals surface area (Å²) in [7, 11) is 0. The standard InChI is InChI=1S/C15H24N2O/c1-10(2)13-7-5-6-12(4)15(13)17-14(18)8-11(3)9-16/h5-7,10-11H,8-9,16H2,1-4H3,(H,17,18). The highest BCUT2D eigenvalue weighted by Crippen LogP contribution is 2.27. The van der Waals surface area contributed by atoms with Gasteiger partial charge in [0.15, 0.2) is 0 Å². The molecular weight excluding hydrogens is 224 g/mol. The van der Waals surface area contributed by atoms with Crippen LogP contribution >= 0.6 is 0 Å². The number of hydrogen-bond acceptors (Lipinski definition) is 2. The Kier molecular flexibility index (Phi) is 5.35. The maximum Gasteiger partial charge on any atom is 0.224 e. The molecule has 1 amide bonds. The molecule has 3 nitrogen and oxygen atoms in total. The van der Waals surface area contributed by atoms with Crippen molar-refractivity contribution in [2.45, 2.75) is 40.0 Å². The smallest absolute Gasteiger partial charge is 0.224 e. The SMILES string of the molecule is Cc1cccc(C(C)C)c1NC(=O)CC(C)CN. The van der Waals surface area contributed by atoms with E-state index in [1.807, 2.05) is 26.0 Å². The predicted octanol–water partition coefficient (Wildman–Crippen LogP) is 3.04. The van der Waals surface area contributed by atoms with E-state index in [0.717, 1.165) is 11.3 Å². The number of aryl methyl sites for hydroxylation is 1.